The number of aromatic hydroxyl groups is 1. The molecule has 0 fully saturated rings. The van der Waals surface area contributed by atoms with Crippen LogP contribution in [0.5, 0.6) is 11.5 Å². The lowest BCUT2D eigenvalue weighted by Gasteiger charge is -2.13. The molecule has 0 aromatic heterocycles. The highest BCUT2D eigenvalue weighted by Crippen LogP contribution is 2.29. The normalized spacial score (nSPS) is 12.1. The summed E-state index contributed by atoms with van der Waals surface area (Å²) < 4.78 is 5.00. The van der Waals surface area contributed by atoms with E-state index in [1.165, 1.54) is 19.2 Å². The lowest BCUT2D eigenvalue weighted by atomic mass is 10.0. The van der Waals surface area contributed by atoms with Gasteiger partial charge in [-0.2, -0.15) is 0 Å². The fourth-order valence-electron chi connectivity index (χ4n) is 1.30. The van der Waals surface area contributed by atoms with Crippen LogP contribution in [0.1, 0.15) is 18.0 Å². The van der Waals surface area contributed by atoms with Crippen LogP contribution in [0.4, 0.5) is 0 Å². The molecule has 0 saturated heterocycles. The van der Waals surface area contributed by atoms with Crippen molar-refractivity contribution in [1.82, 2.24) is 0 Å². The van der Waals surface area contributed by atoms with Gasteiger partial charge in [-0.1, -0.05) is 6.07 Å². The van der Waals surface area contributed by atoms with Crippen molar-refractivity contribution in [1.29, 1.82) is 0 Å². The van der Waals surface area contributed by atoms with Crippen molar-refractivity contribution in [3.05, 3.63) is 23.8 Å². The highest BCUT2D eigenvalue weighted by molar-refractivity contribution is 5.68. The lowest BCUT2D eigenvalue weighted by molar-refractivity contribution is -0.137. The molecule has 1 atom stereocenters. The Morgan fingerprint density at radius 3 is 2.80 bits per heavy atom. The Bertz CT molecular complexity index is 364. The molecule has 15 heavy (non-hydrogen) atoms. The predicted molar refractivity (Wildman–Crippen MR) is 53.8 cm³/mol. The highest BCUT2D eigenvalue weighted by Gasteiger charge is 2.15. The van der Waals surface area contributed by atoms with Crippen molar-refractivity contribution in [2.75, 3.05) is 7.11 Å². The lowest BCUT2D eigenvalue weighted by Crippen LogP contribution is -2.15. The third kappa shape index (κ3) is 2.85. The maximum Gasteiger partial charge on any atom is 0.305 e. The molecule has 0 aliphatic heterocycles. The second-order valence-corrected chi connectivity index (χ2v) is 3.13. The molecule has 4 N–H and O–H groups in total. The van der Waals surface area contributed by atoms with Crippen molar-refractivity contribution in [3.8, 4) is 11.5 Å². The summed E-state index contributed by atoms with van der Waals surface area (Å²) in [7, 11) is 1.44. The summed E-state index contributed by atoms with van der Waals surface area (Å²) in [6.07, 6.45) is -0.179. The number of ether oxygens (including phenoxy) is 1. The number of methoxy groups -OCH3 is 1. The van der Waals surface area contributed by atoms with Crippen LogP contribution in [0, 0.1) is 0 Å². The summed E-state index contributed by atoms with van der Waals surface area (Å²) in [5.41, 5.74) is 6.25. The van der Waals surface area contributed by atoms with E-state index < -0.39 is 12.0 Å². The van der Waals surface area contributed by atoms with Gasteiger partial charge in [0.05, 0.1) is 13.5 Å². The van der Waals surface area contributed by atoms with Gasteiger partial charge in [0.25, 0.3) is 0 Å². The number of carbonyl (C=O) groups is 1. The molecule has 0 saturated carbocycles. The van der Waals surface area contributed by atoms with Crippen LogP contribution in [0.3, 0.4) is 0 Å². The summed E-state index contributed by atoms with van der Waals surface area (Å²) in [6, 6.07) is 3.76. The van der Waals surface area contributed by atoms with Crippen LogP contribution in [0.15, 0.2) is 18.2 Å². The van der Waals surface area contributed by atoms with Gasteiger partial charge in [-0.05, 0) is 6.07 Å². The summed E-state index contributed by atoms with van der Waals surface area (Å²) in [5, 5.41) is 17.8. The fraction of sp³-hybridized carbons (Fsp3) is 0.300. The van der Waals surface area contributed by atoms with E-state index in [4.69, 9.17) is 15.6 Å². The Kier molecular flexibility index (Phi) is 3.51. The average molecular weight is 211 g/mol. The van der Waals surface area contributed by atoms with Crippen molar-refractivity contribution < 1.29 is 19.7 Å². The second kappa shape index (κ2) is 4.65. The molecular formula is C10H13NO4. The van der Waals surface area contributed by atoms with Crippen LogP contribution >= 0.6 is 0 Å². The summed E-state index contributed by atoms with van der Waals surface area (Å²) in [5.74, 6) is -0.528. The smallest absolute Gasteiger partial charge is 0.305 e. The monoisotopic (exact) mass is 211 g/mol. The average Bonchev–Trinajstić information content (AvgIpc) is 2.16. The van der Waals surface area contributed by atoms with Crippen molar-refractivity contribution in [2.45, 2.75) is 12.5 Å². The van der Waals surface area contributed by atoms with E-state index in [0.717, 1.165) is 0 Å². The molecule has 0 radical (unpaired) electrons. The van der Waals surface area contributed by atoms with Gasteiger partial charge in [-0.25, -0.2) is 0 Å². The molecule has 0 spiro atoms. The van der Waals surface area contributed by atoms with Gasteiger partial charge in [0, 0.05) is 17.7 Å². The first-order chi connectivity index (χ1) is 7.04. The van der Waals surface area contributed by atoms with E-state index in [1.54, 1.807) is 6.07 Å². The fourth-order valence-corrected chi connectivity index (χ4v) is 1.30. The van der Waals surface area contributed by atoms with Gasteiger partial charge < -0.3 is 20.7 Å². The number of hydrogen-bond donors (Lipinski definition) is 3. The number of nitrogens with two attached hydrogens (primary N) is 1. The van der Waals surface area contributed by atoms with Crippen LogP contribution in [0.2, 0.25) is 0 Å². The topological polar surface area (TPSA) is 92.8 Å². The third-order valence-corrected chi connectivity index (χ3v) is 2.01. The van der Waals surface area contributed by atoms with Crippen molar-refractivity contribution in [3.63, 3.8) is 0 Å². The highest BCUT2D eigenvalue weighted by atomic mass is 16.5. The van der Waals surface area contributed by atoms with Gasteiger partial charge in [0.15, 0.2) is 0 Å². The van der Waals surface area contributed by atoms with Crippen LogP contribution in [0.25, 0.3) is 0 Å². The Hall–Kier alpha value is -1.75. The molecule has 1 aromatic rings. The molecule has 0 unspecified atom stereocenters. The number of rotatable bonds is 4. The number of carboxylic acids is 1. The van der Waals surface area contributed by atoms with Crippen molar-refractivity contribution in [2.24, 2.45) is 5.73 Å². The summed E-state index contributed by atoms with van der Waals surface area (Å²) in [4.78, 5) is 10.5. The second-order valence-electron chi connectivity index (χ2n) is 3.13. The van der Waals surface area contributed by atoms with Crippen LogP contribution in [-0.4, -0.2) is 23.3 Å². The minimum absolute atomic E-state index is 0.0538. The first-order valence-corrected chi connectivity index (χ1v) is 4.39. The SMILES string of the molecule is COc1cc(O)ccc1[C@@H](N)CC(=O)O. The van der Waals surface area contributed by atoms with E-state index in [9.17, 15) is 9.90 Å². The van der Waals surface area contributed by atoms with Gasteiger partial charge in [-0.3, -0.25) is 4.79 Å². The summed E-state index contributed by atoms with van der Waals surface area (Å²) in [6.45, 7) is 0. The third-order valence-electron chi connectivity index (χ3n) is 2.01. The minimum atomic E-state index is -0.974. The maximum absolute atomic E-state index is 10.5. The Labute approximate surface area is 87.1 Å². The number of benzene rings is 1. The van der Waals surface area contributed by atoms with Gasteiger partial charge in [-0.15, -0.1) is 0 Å². The quantitative estimate of drug-likeness (QED) is 0.687. The first kappa shape index (κ1) is 11.3. The number of phenolic OH excluding ortho intramolecular Hbond substituents is 1. The van der Waals surface area contributed by atoms with Gasteiger partial charge in [0.1, 0.15) is 11.5 Å². The Morgan fingerprint density at radius 2 is 2.27 bits per heavy atom. The zero-order chi connectivity index (χ0) is 11.4. The Morgan fingerprint density at radius 1 is 1.60 bits per heavy atom. The van der Waals surface area contributed by atoms with E-state index in [1.807, 2.05) is 0 Å². The van der Waals surface area contributed by atoms with Gasteiger partial charge in [0.2, 0.25) is 0 Å². The molecule has 82 valence electrons. The molecule has 0 amide bonds. The van der Waals surface area contributed by atoms with E-state index in [0.29, 0.717) is 11.3 Å². The van der Waals surface area contributed by atoms with Crippen LogP contribution < -0.4 is 10.5 Å². The molecule has 0 bridgehead atoms. The number of aliphatic carboxylic acids is 1. The molecular weight excluding hydrogens is 198 g/mol. The van der Waals surface area contributed by atoms with E-state index >= 15 is 0 Å². The molecule has 1 aromatic carbocycles. The van der Waals surface area contributed by atoms with E-state index in [2.05, 4.69) is 0 Å². The molecule has 5 nitrogen and oxygen atoms in total. The van der Waals surface area contributed by atoms with Crippen molar-refractivity contribution >= 4 is 5.97 Å². The Balaban J connectivity index is 2.97. The van der Waals surface area contributed by atoms with Crippen LogP contribution in [-0.2, 0) is 4.79 Å². The molecule has 1 rings (SSSR count). The predicted octanol–water partition coefficient (Wildman–Crippen LogP) is 0.875. The standard InChI is InChI=1S/C10H13NO4/c1-15-9-4-6(12)2-3-7(9)8(11)5-10(13)14/h2-4,8,12H,5,11H2,1H3,(H,13,14)/t8-/m0/s1. The first-order valence-electron chi connectivity index (χ1n) is 4.39. The van der Waals surface area contributed by atoms with E-state index in [-0.39, 0.29) is 12.2 Å². The summed E-state index contributed by atoms with van der Waals surface area (Å²) >= 11 is 0. The zero-order valence-corrected chi connectivity index (χ0v) is 8.30. The number of carboxylic acid groups (broad SMARTS) is 1. The largest absolute Gasteiger partial charge is 0.508 e. The molecule has 5 heteroatoms. The maximum atomic E-state index is 10.5. The molecule has 0 heterocycles. The minimum Gasteiger partial charge on any atom is -0.508 e. The molecule has 0 aliphatic rings. The van der Waals surface area contributed by atoms with Gasteiger partial charge >= 0.3 is 5.97 Å². The number of hydrogen-bond acceptors (Lipinski definition) is 4. The zero-order valence-electron chi connectivity index (χ0n) is 8.30. The number of phenols is 1. The molecule has 0 aliphatic carbocycles.